The van der Waals surface area contributed by atoms with Crippen molar-refractivity contribution < 1.29 is 28.0 Å². The number of methoxy groups -OCH3 is 2. The van der Waals surface area contributed by atoms with Gasteiger partial charge in [-0.05, 0) is 97.7 Å². The first-order chi connectivity index (χ1) is 24.5. The molecule has 1 spiro atoms. The number of halogens is 1. The molecule has 0 saturated heterocycles. The monoisotopic (exact) mass is 735 g/mol. The number of nitrogens with one attached hydrogen (secondary N) is 1. The number of allylic oxidation sites excluding steroid dienone is 1. The number of anilines is 1. The van der Waals surface area contributed by atoms with E-state index >= 15 is 0 Å². The number of carbonyl (C=O) groups excluding carboxylic acids is 2. The third-order valence-electron chi connectivity index (χ3n) is 11.0. The lowest BCUT2D eigenvalue weighted by atomic mass is 9.68. The molecule has 6 atom stereocenters. The van der Waals surface area contributed by atoms with Gasteiger partial charge >= 0.3 is 0 Å². The van der Waals surface area contributed by atoms with Crippen LogP contribution in [0, 0.1) is 17.8 Å². The van der Waals surface area contributed by atoms with Crippen LogP contribution in [0.5, 0.6) is 11.6 Å². The minimum Gasteiger partial charge on any atom is -0.490 e. The molecule has 2 aliphatic carbocycles. The third-order valence-corrected chi connectivity index (χ3v) is 13.2. The maximum atomic E-state index is 14.6. The zero-order valence-corrected chi connectivity index (χ0v) is 31.2. The summed E-state index contributed by atoms with van der Waals surface area (Å²) in [5, 5.41) is 4.88. The van der Waals surface area contributed by atoms with E-state index in [1.54, 1.807) is 20.2 Å². The summed E-state index contributed by atoms with van der Waals surface area (Å²) >= 11 is 6.45. The number of fused-ring (bicyclic) bond motifs is 4. The van der Waals surface area contributed by atoms with Gasteiger partial charge in [0.1, 0.15) is 21.2 Å². The number of hydrogen-bond acceptors (Lipinski definition) is 8. The van der Waals surface area contributed by atoms with E-state index in [1.165, 1.54) is 29.1 Å². The Hall–Kier alpha value is -3.87. The van der Waals surface area contributed by atoms with E-state index in [0.717, 1.165) is 49.4 Å². The van der Waals surface area contributed by atoms with Gasteiger partial charge in [-0.25, -0.2) is 4.21 Å². The summed E-state index contributed by atoms with van der Waals surface area (Å²) in [6, 6.07) is 11.5. The average molecular weight is 736 g/mol. The van der Waals surface area contributed by atoms with Crippen LogP contribution in [0.4, 0.5) is 5.69 Å². The van der Waals surface area contributed by atoms with Crippen molar-refractivity contribution in [2.45, 2.75) is 57.0 Å². The Labute approximate surface area is 305 Å². The minimum absolute atomic E-state index is 0.0345. The topological polar surface area (TPSA) is 124 Å². The number of rotatable bonds is 4. The Bertz CT molecular complexity index is 1990. The van der Waals surface area contributed by atoms with Crippen LogP contribution in [-0.2, 0) is 33.5 Å². The van der Waals surface area contributed by atoms with E-state index in [-0.39, 0.29) is 40.2 Å². The summed E-state index contributed by atoms with van der Waals surface area (Å²) < 4.78 is 40.8. The fraction of sp³-hybridized carbons (Fsp3) is 0.500. The first kappa shape index (κ1) is 35.5. The fourth-order valence-electron chi connectivity index (χ4n) is 8.34. The molecule has 2 aliphatic heterocycles. The summed E-state index contributed by atoms with van der Waals surface area (Å²) in [6.45, 7) is 3.90. The fourth-order valence-corrected chi connectivity index (χ4v) is 10.4. The summed E-state index contributed by atoms with van der Waals surface area (Å²) in [6.07, 6.45) is 11.2. The van der Waals surface area contributed by atoms with E-state index in [9.17, 15) is 13.8 Å². The van der Waals surface area contributed by atoms with Crippen molar-refractivity contribution in [3.63, 3.8) is 0 Å². The summed E-state index contributed by atoms with van der Waals surface area (Å²) in [4.78, 5) is 29.9. The standard InChI is InChI=1S/C38H46ClN5O6S/c1-24-7-5-9-33(48-3)29-13-10-27(29)19-44-22-38(16-6-8-25-17-28(39)12-14-31(25)38)23-50-34-15-11-26(18-32(34)44)35(45)41-51(47,21-24)42-36(46)30-20-43(2)40-37(30)49-4/h5,9,11-12,14-15,17-18,20,24,27,29,33H,6-8,10,13,16,19,21-23H2,1-4H3,(H,41,42,45,46,47)/b9-5-/t24-,27-,29+,33-,38-,51-/m0/s1. The SMILES string of the molecule is COc1nn(C)cc1C(=O)N[S@@]1(=O)=NC(=O)c2ccc3c(c2)N(C[C@@H]2CC[C@H]2[C@@H](OC)/C=C\C[C@H](C)C1)C[C@@]1(CCCc2cc(Cl)ccc21)CO3. The van der Waals surface area contributed by atoms with E-state index in [4.69, 9.17) is 25.8 Å². The molecule has 1 aromatic heterocycles. The van der Waals surface area contributed by atoms with Gasteiger partial charge in [0.05, 0.1) is 31.3 Å². The van der Waals surface area contributed by atoms with E-state index in [1.807, 2.05) is 25.1 Å². The maximum Gasteiger partial charge on any atom is 0.286 e. The van der Waals surface area contributed by atoms with Crippen molar-refractivity contribution in [2.24, 2.45) is 29.2 Å². The molecule has 4 aliphatic rings. The molecule has 0 radical (unpaired) electrons. The zero-order valence-electron chi connectivity index (χ0n) is 29.6. The van der Waals surface area contributed by atoms with Crippen LogP contribution >= 0.6 is 11.6 Å². The number of amides is 2. The second-order valence-electron chi connectivity index (χ2n) is 14.6. The van der Waals surface area contributed by atoms with Gasteiger partial charge in [-0.2, -0.15) is 0 Å². The van der Waals surface area contributed by atoms with Gasteiger partial charge in [0.25, 0.3) is 11.8 Å². The predicted octanol–water partition coefficient (Wildman–Crippen LogP) is 6.15. The van der Waals surface area contributed by atoms with Gasteiger partial charge in [-0.3, -0.25) is 19.0 Å². The van der Waals surface area contributed by atoms with Crippen LogP contribution < -0.4 is 19.1 Å². The second-order valence-corrected chi connectivity index (χ2v) is 17.1. The van der Waals surface area contributed by atoms with Gasteiger partial charge in [0.2, 0.25) is 5.88 Å². The molecule has 51 heavy (non-hydrogen) atoms. The largest absolute Gasteiger partial charge is 0.490 e. The number of benzene rings is 2. The number of aromatic nitrogens is 2. The number of aryl methyl sites for hydroxylation is 2. The molecule has 1 N–H and O–H groups in total. The van der Waals surface area contributed by atoms with Crippen molar-refractivity contribution in [1.82, 2.24) is 14.5 Å². The smallest absolute Gasteiger partial charge is 0.286 e. The van der Waals surface area contributed by atoms with E-state index < -0.39 is 21.7 Å². The quantitative estimate of drug-likeness (QED) is 0.317. The second kappa shape index (κ2) is 14.3. The molecule has 11 nitrogen and oxygen atoms in total. The van der Waals surface area contributed by atoms with Crippen molar-refractivity contribution in [3.05, 3.63) is 82.0 Å². The predicted molar refractivity (Wildman–Crippen MR) is 197 cm³/mol. The normalized spacial score (nSPS) is 29.7. The molecule has 3 heterocycles. The lowest BCUT2D eigenvalue weighted by molar-refractivity contribution is 0.0131. The summed E-state index contributed by atoms with van der Waals surface area (Å²) in [5.41, 5.74) is 3.43. The molecule has 2 amide bonds. The van der Waals surface area contributed by atoms with Gasteiger partial charge in [0, 0.05) is 49.4 Å². The number of carbonyl (C=O) groups is 2. The number of ether oxygens (including phenoxy) is 3. The van der Waals surface area contributed by atoms with E-state index in [0.29, 0.717) is 37.2 Å². The van der Waals surface area contributed by atoms with Crippen LogP contribution in [0.25, 0.3) is 0 Å². The lowest BCUT2D eigenvalue weighted by Gasteiger charge is -2.46. The van der Waals surface area contributed by atoms with Gasteiger partial charge < -0.3 is 19.1 Å². The van der Waals surface area contributed by atoms with Crippen LogP contribution in [0.3, 0.4) is 0 Å². The van der Waals surface area contributed by atoms with Crippen LogP contribution in [0.1, 0.15) is 70.9 Å². The summed E-state index contributed by atoms with van der Waals surface area (Å²) in [7, 11) is 1.22. The molecule has 1 fully saturated rings. The highest BCUT2D eigenvalue weighted by molar-refractivity contribution is 7.92. The van der Waals surface area contributed by atoms with Gasteiger partial charge in [-0.1, -0.05) is 36.7 Å². The van der Waals surface area contributed by atoms with Crippen molar-refractivity contribution in [2.75, 3.05) is 44.6 Å². The zero-order chi connectivity index (χ0) is 35.9. The Morgan fingerprint density at radius 1 is 1.18 bits per heavy atom. The Morgan fingerprint density at radius 2 is 2.02 bits per heavy atom. The highest BCUT2D eigenvalue weighted by Crippen LogP contribution is 2.47. The third kappa shape index (κ3) is 7.15. The molecule has 272 valence electrons. The molecule has 13 heteroatoms. The Kier molecular flexibility index (Phi) is 9.94. The molecule has 2 bridgehead atoms. The number of hydrogen-bond donors (Lipinski definition) is 1. The molecule has 2 aromatic carbocycles. The van der Waals surface area contributed by atoms with Gasteiger partial charge in [0.15, 0.2) is 0 Å². The first-order valence-corrected chi connectivity index (χ1v) is 19.7. The average Bonchev–Trinajstić information content (AvgIpc) is 3.40. The van der Waals surface area contributed by atoms with Crippen LogP contribution in [-0.4, -0.2) is 71.6 Å². The molecule has 1 saturated carbocycles. The Balaban J connectivity index is 1.31. The number of nitrogens with zero attached hydrogens (tertiary/aromatic N) is 4. The molecule has 7 rings (SSSR count). The molecule has 0 unspecified atom stereocenters. The maximum absolute atomic E-state index is 14.6. The Morgan fingerprint density at radius 3 is 2.78 bits per heavy atom. The van der Waals surface area contributed by atoms with Crippen molar-refractivity contribution in [3.8, 4) is 11.6 Å². The van der Waals surface area contributed by atoms with E-state index in [2.05, 4.69) is 43.4 Å². The highest BCUT2D eigenvalue weighted by atomic mass is 35.5. The van der Waals surface area contributed by atoms with Crippen LogP contribution in [0.15, 0.2) is 59.1 Å². The molecule has 3 aromatic rings. The lowest BCUT2D eigenvalue weighted by Crippen LogP contribution is -2.49. The summed E-state index contributed by atoms with van der Waals surface area (Å²) in [5.74, 6) is -0.0885. The minimum atomic E-state index is -3.59. The highest BCUT2D eigenvalue weighted by Gasteiger charge is 2.44. The molecular weight excluding hydrogens is 690 g/mol. The van der Waals surface area contributed by atoms with Crippen molar-refractivity contribution >= 4 is 39.0 Å². The molecular formula is C38H46ClN5O6S. The van der Waals surface area contributed by atoms with Crippen molar-refractivity contribution in [1.29, 1.82) is 0 Å². The first-order valence-electron chi connectivity index (χ1n) is 17.7. The van der Waals surface area contributed by atoms with Gasteiger partial charge in [-0.15, -0.1) is 9.46 Å². The van der Waals surface area contributed by atoms with Crippen LogP contribution in [0.2, 0.25) is 5.02 Å².